The van der Waals surface area contributed by atoms with E-state index >= 15 is 0 Å². The van der Waals surface area contributed by atoms with Crippen molar-refractivity contribution in [3.05, 3.63) is 40.7 Å². The van der Waals surface area contributed by atoms with Gasteiger partial charge in [-0.2, -0.15) is 5.10 Å². The lowest BCUT2D eigenvalue weighted by Gasteiger charge is -2.11. The maximum Gasteiger partial charge on any atom is 0.123 e. The summed E-state index contributed by atoms with van der Waals surface area (Å²) >= 11 is 0. The van der Waals surface area contributed by atoms with Crippen LogP contribution < -0.4 is 5.32 Å². The van der Waals surface area contributed by atoms with Gasteiger partial charge in [-0.3, -0.25) is 5.10 Å². The number of aryl methyl sites for hydroxylation is 2. The Bertz CT molecular complexity index is 531. The van der Waals surface area contributed by atoms with E-state index in [0.717, 1.165) is 28.1 Å². The number of phenols is 1. The van der Waals surface area contributed by atoms with Crippen LogP contribution >= 0.6 is 0 Å². The minimum absolute atomic E-state index is 0.360. The Labute approximate surface area is 101 Å². The van der Waals surface area contributed by atoms with Gasteiger partial charge in [-0.1, -0.05) is 6.07 Å². The molecule has 0 saturated heterocycles. The lowest BCUT2D eigenvalue weighted by molar-refractivity contribution is 0.467. The van der Waals surface area contributed by atoms with Gasteiger partial charge in [-0.05, 0) is 32.4 Å². The number of H-pyrrole nitrogens is 1. The molecule has 1 aromatic heterocycles. The Morgan fingerprint density at radius 1 is 1.29 bits per heavy atom. The van der Waals surface area contributed by atoms with E-state index < -0.39 is 0 Å². The molecule has 1 aromatic carbocycles. The first-order chi connectivity index (χ1) is 8.09. The van der Waals surface area contributed by atoms with Crippen molar-refractivity contribution in [3.8, 4) is 5.75 Å². The number of phenolic OH excluding ortho intramolecular Hbond substituents is 1. The van der Waals surface area contributed by atoms with E-state index in [4.69, 9.17) is 0 Å². The van der Waals surface area contributed by atoms with Gasteiger partial charge in [-0.25, -0.2) is 0 Å². The van der Waals surface area contributed by atoms with Gasteiger partial charge < -0.3 is 10.4 Å². The molecule has 0 atom stereocenters. The highest BCUT2D eigenvalue weighted by molar-refractivity contribution is 5.59. The Morgan fingerprint density at radius 3 is 2.71 bits per heavy atom. The predicted octanol–water partition coefficient (Wildman–Crippen LogP) is 2.65. The second-order valence-corrected chi connectivity index (χ2v) is 4.28. The SMILES string of the molecule is Cc1ccc(NCc2cn[nH]c2C)c(C)c1O. The highest BCUT2D eigenvalue weighted by Crippen LogP contribution is 2.28. The molecule has 0 bridgehead atoms. The first-order valence-corrected chi connectivity index (χ1v) is 5.61. The molecule has 2 rings (SSSR count). The fourth-order valence-electron chi connectivity index (χ4n) is 1.77. The molecular weight excluding hydrogens is 214 g/mol. The van der Waals surface area contributed by atoms with Crippen LogP contribution in [-0.4, -0.2) is 15.3 Å². The number of anilines is 1. The number of aromatic nitrogens is 2. The summed E-state index contributed by atoms with van der Waals surface area (Å²) in [6.45, 7) is 6.49. The number of aromatic hydroxyl groups is 1. The summed E-state index contributed by atoms with van der Waals surface area (Å²) in [5.41, 5.74) is 4.92. The average Bonchev–Trinajstić information content (AvgIpc) is 2.71. The molecule has 0 aliphatic carbocycles. The molecule has 0 unspecified atom stereocenters. The molecular formula is C13H17N3O. The van der Waals surface area contributed by atoms with E-state index in [-0.39, 0.29) is 0 Å². The van der Waals surface area contributed by atoms with Gasteiger partial charge >= 0.3 is 0 Å². The zero-order valence-corrected chi connectivity index (χ0v) is 10.3. The number of hydrogen-bond acceptors (Lipinski definition) is 3. The van der Waals surface area contributed by atoms with E-state index in [1.807, 2.05) is 39.1 Å². The molecule has 2 aromatic rings. The molecule has 17 heavy (non-hydrogen) atoms. The predicted molar refractivity (Wildman–Crippen MR) is 68.2 cm³/mol. The van der Waals surface area contributed by atoms with Crippen LogP contribution in [0.3, 0.4) is 0 Å². The van der Waals surface area contributed by atoms with Crippen molar-refractivity contribution in [2.75, 3.05) is 5.32 Å². The number of aromatic amines is 1. The molecule has 0 saturated carbocycles. The Hall–Kier alpha value is -1.97. The fraction of sp³-hybridized carbons (Fsp3) is 0.308. The van der Waals surface area contributed by atoms with E-state index in [2.05, 4.69) is 15.5 Å². The molecule has 4 heteroatoms. The van der Waals surface area contributed by atoms with E-state index in [1.165, 1.54) is 0 Å². The van der Waals surface area contributed by atoms with Crippen LogP contribution in [0.1, 0.15) is 22.4 Å². The van der Waals surface area contributed by atoms with Crippen LogP contribution in [0.4, 0.5) is 5.69 Å². The van der Waals surface area contributed by atoms with Crippen molar-refractivity contribution in [1.82, 2.24) is 10.2 Å². The highest BCUT2D eigenvalue weighted by Gasteiger charge is 2.06. The standard InChI is InChI=1S/C13H17N3O/c1-8-4-5-12(9(2)13(8)17)14-6-11-7-15-16-10(11)3/h4-5,7,14,17H,6H2,1-3H3,(H,15,16). The maximum atomic E-state index is 9.84. The minimum atomic E-state index is 0.360. The van der Waals surface area contributed by atoms with Crippen LogP contribution in [0.5, 0.6) is 5.75 Å². The summed E-state index contributed by atoms with van der Waals surface area (Å²) in [5.74, 6) is 0.360. The van der Waals surface area contributed by atoms with Crippen LogP contribution in [0.15, 0.2) is 18.3 Å². The van der Waals surface area contributed by atoms with Crippen LogP contribution in [0, 0.1) is 20.8 Å². The van der Waals surface area contributed by atoms with Crippen LogP contribution in [-0.2, 0) is 6.54 Å². The zero-order valence-electron chi connectivity index (χ0n) is 10.3. The first kappa shape index (κ1) is 11.5. The maximum absolute atomic E-state index is 9.84. The molecule has 90 valence electrons. The topological polar surface area (TPSA) is 60.9 Å². The molecule has 4 nitrogen and oxygen atoms in total. The summed E-state index contributed by atoms with van der Waals surface area (Å²) in [4.78, 5) is 0. The van der Waals surface area contributed by atoms with Gasteiger partial charge in [-0.15, -0.1) is 0 Å². The third-order valence-electron chi connectivity index (χ3n) is 3.04. The minimum Gasteiger partial charge on any atom is -0.507 e. The summed E-state index contributed by atoms with van der Waals surface area (Å²) in [6, 6.07) is 3.90. The van der Waals surface area contributed by atoms with Crippen molar-refractivity contribution in [3.63, 3.8) is 0 Å². The number of nitrogens with one attached hydrogen (secondary N) is 2. The molecule has 0 fully saturated rings. The molecule has 0 aliphatic heterocycles. The fourth-order valence-corrected chi connectivity index (χ4v) is 1.77. The third kappa shape index (κ3) is 2.25. The molecule has 3 N–H and O–H groups in total. The summed E-state index contributed by atoms with van der Waals surface area (Å²) in [5, 5.41) is 20.0. The third-order valence-corrected chi connectivity index (χ3v) is 3.04. The molecule has 1 heterocycles. The molecule has 0 amide bonds. The van der Waals surface area contributed by atoms with Crippen molar-refractivity contribution in [1.29, 1.82) is 0 Å². The van der Waals surface area contributed by atoms with E-state index in [1.54, 1.807) is 0 Å². The largest absolute Gasteiger partial charge is 0.507 e. The monoisotopic (exact) mass is 231 g/mol. The van der Waals surface area contributed by atoms with Gasteiger partial charge in [0.15, 0.2) is 0 Å². The van der Waals surface area contributed by atoms with Crippen LogP contribution in [0.2, 0.25) is 0 Å². The number of rotatable bonds is 3. The number of hydrogen-bond donors (Lipinski definition) is 3. The Balaban J connectivity index is 2.15. The highest BCUT2D eigenvalue weighted by atomic mass is 16.3. The van der Waals surface area contributed by atoms with Gasteiger partial charge in [0.05, 0.1) is 6.20 Å². The second kappa shape index (κ2) is 4.49. The average molecular weight is 231 g/mol. The van der Waals surface area contributed by atoms with Gasteiger partial charge in [0.2, 0.25) is 0 Å². The molecule has 0 spiro atoms. The Morgan fingerprint density at radius 2 is 2.06 bits per heavy atom. The van der Waals surface area contributed by atoms with Crippen molar-refractivity contribution >= 4 is 5.69 Å². The second-order valence-electron chi connectivity index (χ2n) is 4.28. The van der Waals surface area contributed by atoms with E-state index in [9.17, 15) is 5.11 Å². The smallest absolute Gasteiger partial charge is 0.123 e. The first-order valence-electron chi connectivity index (χ1n) is 5.61. The quantitative estimate of drug-likeness (QED) is 0.761. The van der Waals surface area contributed by atoms with Gasteiger partial charge in [0.1, 0.15) is 5.75 Å². The summed E-state index contributed by atoms with van der Waals surface area (Å²) < 4.78 is 0. The van der Waals surface area contributed by atoms with Crippen molar-refractivity contribution < 1.29 is 5.11 Å². The molecule has 0 aliphatic rings. The van der Waals surface area contributed by atoms with Crippen molar-refractivity contribution in [2.45, 2.75) is 27.3 Å². The number of benzene rings is 1. The lowest BCUT2D eigenvalue weighted by Crippen LogP contribution is -2.01. The number of nitrogens with zero attached hydrogens (tertiary/aromatic N) is 1. The summed E-state index contributed by atoms with van der Waals surface area (Å²) in [7, 11) is 0. The summed E-state index contributed by atoms with van der Waals surface area (Å²) in [6.07, 6.45) is 1.81. The lowest BCUT2D eigenvalue weighted by atomic mass is 10.1. The van der Waals surface area contributed by atoms with Gasteiger partial charge in [0, 0.05) is 29.1 Å². The zero-order chi connectivity index (χ0) is 12.4. The normalized spacial score (nSPS) is 10.5. The van der Waals surface area contributed by atoms with Crippen molar-refractivity contribution in [2.24, 2.45) is 0 Å². The van der Waals surface area contributed by atoms with Crippen LogP contribution in [0.25, 0.3) is 0 Å². The molecule has 0 radical (unpaired) electrons. The van der Waals surface area contributed by atoms with Gasteiger partial charge in [0.25, 0.3) is 0 Å². The van der Waals surface area contributed by atoms with E-state index in [0.29, 0.717) is 12.3 Å². The Kier molecular flexibility index (Phi) is 3.04.